The maximum Gasteiger partial charge on any atom is 0.355 e. The van der Waals surface area contributed by atoms with Gasteiger partial charge in [-0.05, 0) is 17.7 Å². The van der Waals surface area contributed by atoms with Crippen molar-refractivity contribution in [1.29, 1.82) is 5.26 Å². The maximum absolute atomic E-state index is 13.2. The van der Waals surface area contributed by atoms with Crippen molar-refractivity contribution in [2.75, 3.05) is 19.1 Å². The smallest absolute Gasteiger partial charge is 0.355 e. The molecule has 10 nitrogen and oxygen atoms in total. The van der Waals surface area contributed by atoms with E-state index < -0.39 is 17.9 Å². The molecule has 1 aromatic heterocycles. The van der Waals surface area contributed by atoms with E-state index in [0.29, 0.717) is 22.6 Å². The van der Waals surface area contributed by atoms with Crippen LogP contribution in [-0.4, -0.2) is 41.3 Å². The van der Waals surface area contributed by atoms with Crippen molar-refractivity contribution in [2.45, 2.75) is 5.92 Å². The number of hydrogen-bond donors (Lipinski definition) is 2. The molecule has 1 aliphatic heterocycles. The molecule has 1 atom stereocenters. The number of carbonyl (C=O) groups excluding carboxylic acids is 2. The van der Waals surface area contributed by atoms with Crippen LogP contribution < -0.4 is 10.6 Å². The number of carbonyl (C=O) groups is 2. The molecule has 2 aromatic carbocycles. The van der Waals surface area contributed by atoms with Crippen molar-refractivity contribution >= 4 is 17.6 Å². The van der Waals surface area contributed by atoms with E-state index >= 15 is 0 Å². The molecule has 1 aliphatic rings. The van der Waals surface area contributed by atoms with Gasteiger partial charge in [0, 0.05) is 5.56 Å². The van der Waals surface area contributed by atoms with E-state index in [1.165, 1.54) is 25.4 Å². The lowest BCUT2D eigenvalue weighted by atomic mass is 9.80. The Hall–Kier alpha value is -4.91. The minimum absolute atomic E-state index is 0.0311. The fraction of sp³-hybridized carbons (Fsp3) is 0.125. The van der Waals surface area contributed by atoms with Gasteiger partial charge in [0.2, 0.25) is 0 Å². The van der Waals surface area contributed by atoms with E-state index in [1.807, 2.05) is 0 Å². The molecule has 34 heavy (non-hydrogen) atoms. The summed E-state index contributed by atoms with van der Waals surface area (Å²) < 4.78 is 10.1. The van der Waals surface area contributed by atoms with Crippen molar-refractivity contribution in [3.63, 3.8) is 0 Å². The number of nitrogens with one attached hydrogen (secondary N) is 1. The average molecular weight is 456 g/mol. The van der Waals surface area contributed by atoms with Crippen LogP contribution in [0.25, 0.3) is 11.4 Å². The molecule has 0 radical (unpaired) electrons. The summed E-state index contributed by atoms with van der Waals surface area (Å²) in [6.07, 6.45) is 1.34. The molecule has 0 aliphatic carbocycles. The van der Waals surface area contributed by atoms with E-state index in [-0.39, 0.29) is 22.7 Å². The number of nitrogens with zero attached hydrogens (tertiary/aromatic N) is 4. The number of benzene rings is 2. The normalized spacial score (nSPS) is 15.7. The summed E-state index contributed by atoms with van der Waals surface area (Å²) in [7, 11) is 2.40. The summed E-state index contributed by atoms with van der Waals surface area (Å²) >= 11 is 0. The van der Waals surface area contributed by atoms with Crippen LogP contribution in [0.2, 0.25) is 0 Å². The van der Waals surface area contributed by atoms with Gasteiger partial charge in [-0.25, -0.2) is 14.6 Å². The predicted molar refractivity (Wildman–Crippen MR) is 121 cm³/mol. The minimum Gasteiger partial charge on any atom is -0.466 e. The topological polar surface area (TPSA) is 147 Å². The van der Waals surface area contributed by atoms with Crippen molar-refractivity contribution in [2.24, 2.45) is 5.73 Å². The Morgan fingerprint density at radius 2 is 1.74 bits per heavy atom. The molecule has 0 saturated carbocycles. The van der Waals surface area contributed by atoms with Gasteiger partial charge in [0.05, 0.1) is 43.0 Å². The molecule has 170 valence electrons. The number of aromatic amines is 1. The summed E-state index contributed by atoms with van der Waals surface area (Å²) in [4.78, 5) is 31.8. The van der Waals surface area contributed by atoms with E-state index in [4.69, 9.17) is 15.2 Å². The highest BCUT2D eigenvalue weighted by Crippen LogP contribution is 2.44. The largest absolute Gasteiger partial charge is 0.466 e. The molecule has 10 heteroatoms. The van der Waals surface area contributed by atoms with E-state index in [1.54, 1.807) is 54.6 Å². The van der Waals surface area contributed by atoms with Gasteiger partial charge in [-0.3, -0.25) is 10.00 Å². The predicted octanol–water partition coefficient (Wildman–Crippen LogP) is 2.37. The van der Waals surface area contributed by atoms with Crippen LogP contribution in [0.1, 0.15) is 11.5 Å². The summed E-state index contributed by atoms with van der Waals surface area (Å²) in [6.45, 7) is 0. The van der Waals surface area contributed by atoms with Crippen molar-refractivity contribution in [3.05, 3.63) is 89.2 Å². The number of H-pyrrole nitrogens is 1. The van der Waals surface area contributed by atoms with E-state index in [0.717, 1.165) is 0 Å². The third-order valence-electron chi connectivity index (χ3n) is 5.43. The number of nitrogens with two attached hydrogens (primary N) is 1. The van der Waals surface area contributed by atoms with Gasteiger partial charge in [0.25, 0.3) is 0 Å². The first-order valence-electron chi connectivity index (χ1n) is 10.1. The number of para-hydroxylation sites is 1. The molecular formula is C24H20N6O4. The van der Waals surface area contributed by atoms with Crippen LogP contribution in [0.3, 0.4) is 0 Å². The van der Waals surface area contributed by atoms with Crippen LogP contribution in [0.5, 0.6) is 0 Å². The third kappa shape index (κ3) is 3.65. The van der Waals surface area contributed by atoms with Crippen molar-refractivity contribution in [1.82, 2.24) is 15.2 Å². The van der Waals surface area contributed by atoms with Gasteiger partial charge in [0.1, 0.15) is 17.8 Å². The molecule has 3 aromatic rings. The lowest BCUT2D eigenvalue weighted by Crippen LogP contribution is -2.41. The lowest BCUT2D eigenvalue weighted by molar-refractivity contribution is -0.139. The molecule has 2 heterocycles. The number of aromatic nitrogens is 3. The fourth-order valence-electron chi connectivity index (χ4n) is 3.97. The Morgan fingerprint density at radius 1 is 1.06 bits per heavy atom. The van der Waals surface area contributed by atoms with Gasteiger partial charge < -0.3 is 15.2 Å². The van der Waals surface area contributed by atoms with Gasteiger partial charge in [-0.2, -0.15) is 10.4 Å². The maximum atomic E-state index is 13.2. The fourth-order valence-corrected chi connectivity index (χ4v) is 3.97. The summed E-state index contributed by atoms with van der Waals surface area (Å²) in [5.41, 5.74) is 7.90. The Kier molecular flexibility index (Phi) is 6.09. The summed E-state index contributed by atoms with van der Waals surface area (Å²) in [6, 6.07) is 17.9. The van der Waals surface area contributed by atoms with Gasteiger partial charge in [0.15, 0.2) is 5.82 Å². The zero-order valence-corrected chi connectivity index (χ0v) is 18.4. The molecule has 0 saturated heterocycles. The number of esters is 2. The molecule has 4 rings (SSSR count). The lowest BCUT2D eigenvalue weighted by Gasteiger charge is -2.36. The van der Waals surface area contributed by atoms with Crippen LogP contribution in [-0.2, 0) is 19.1 Å². The van der Waals surface area contributed by atoms with Crippen LogP contribution in [0.15, 0.2) is 83.6 Å². The zero-order valence-electron chi connectivity index (χ0n) is 18.4. The Morgan fingerprint density at radius 3 is 2.35 bits per heavy atom. The quantitative estimate of drug-likeness (QED) is 0.552. The van der Waals surface area contributed by atoms with Crippen molar-refractivity contribution < 1.29 is 19.1 Å². The van der Waals surface area contributed by atoms with Crippen LogP contribution in [0.4, 0.5) is 5.69 Å². The summed E-state index contributed by atoms with van der Waals surface area (Å²) in [5, 5.41) is 16.8. The first-order valence-corrected chi connectivity index (χ1v) is 10.1. The Balaban J connectivity index is 2.09. The number of hydrogen-bond acceptors (Lipinski definition) is 9. The SMILES string of the molecule is COC(=O)C1=C(C(=O)OC)N(c2ccccc2-c2ncn[nH]2)C(N)=C(C#N)C1c1ccccc1. The molecule has 0 bridgehead atoms. The number of ether oxygens (including phenoxy) is 2. The highest BCUT2D eigenvalue weighted by Gasteiger charge is 2.43. The Labute approximate surface area is 194 Å². The average Bonchev–Trinajstić information content (AvgIpc) is 3.42. The van der Waals surface area contributed by atoms with Crippen molar-refractivity contribution in [3.8, 4) is 17.5 Å². The second kappa shape index (κ2) is 9.30. The van der Waals surface area contributed by atoms with E-state index in [9.17, 15) is 14.9 Å². The molecular weight excluding hydrogens is 436 g/mol. The Bertz CT molecular complexity index is 1340. The number of allylic oxidation sites excluding steroid dienone is 1. The zero-order chi connectivity index (χ0) is 24.2. The highest BCUT2D eigenvalue weighted by atomic mass is 16.5. The molecule has 3 N–H and O–H groups in total. The first-order chi connectivity index (χ1) is 16.5. The highest BCUT2D eigenvalue weighted by molar-refractivity contribution is 6.07. The van der Waals surface area contributed by atoms with Gasteiger partial charge in [-0.15, -0.1) is 0 Å². The first kappa shape index (κ1) is 22.3. The van der Waals surface area contributed by atoms with Gasteiger partial charge in [-0.1, -0.05) is 42.5 Å². The second-order valence-electron chi connectivity index (χ2n) is 7.19. The number of anilines is 1. The molecule has 0 amide bonds. The standard InChI is InChI=1S/C24H20N6O4/c1-33-23(31)19-18(14-8-4-3-5-9-14)16(12-25)21(26)30(20(19)24(32)34-2)17-11-7-6-10-15(17)22-27-13-28-29-22/h3-11,13,18H,26H2,1-2H3,(H,27,28,29). The monoisotopic (exact) mass is 456 g/mol. The number of nitriles is 1. The third-order valence-corrected chi connectivity index (χ3v) is 5.43. The molecule has 0 fully saturated rings. The van der Waals surface area contributed by atoms with E-state index in [2.05, 4.69) is 21.3 Å². The molecule has 0 spiro atoms. The van der Waals surface area contributed by atoms with Crippen LogP contribution >= 0.6 is 0 Å². The van der Waals surface area contributed by atoms with Gasteiger partial charge >= 0.3 is 11.9 Å². The van der Waals surface area contributed by atoms with Crippen LogP contribution in [0, 0.1) is 11.3 Å². The minimum atomic E-state index is -0.943. The second-order valence-corrected chi connectivity index (χ2v) is 7.19. The summed E-state index contributed by atoms with van der Waals surface area (Å²) in [5.74, 6) is -2.20. The number of methoxy groups -OCH3 is 2. The molecule has 1 unspecified atom stereocenters. The number of rotatable bonds is 5.